The van der Waals surface area contributed by atoms with Crippen LogP contribution in [0, 0.1) is 0 Å². The summed E-state index contributed by atoms with van der Waals surface area (Å²) in [7, 11) is 1.54. The molecule has 5 nitrogen and oxygen atoms in total. The van der Waals surface area contributed by atoms with Gasteiger partial charge in [-0.1, -0.05) is 35.9 Å². The molecule has 26 heavy (non-hydrogen) atoms. The number of hydrogen-bond acceptors (Lipinski definition) is 6. The predicted octanol–water partition coefficient (Wildman–Crippen LogP) is 5.32. The highest BCUT2D eigenvalue weighted by molar-refractivity contribution is 7.14. The van der Waals surface area contributed by atoms with Gasteiger partial charge in [-0.25, -0.2) is 9.78 Å². The van der Waals surface area contributed by atoms with E-state index in [1.54, 1.807) is 23.6 Å². The van der Waals surface area contributed by atoms with Crippen LogP contribution in [0.2, 0.25) is 5.02 Å². The fourth-order valence-electron chi connectivity index (χ4n) is 2.59. The summed E-state index contributed by atoms with van der Waals surface area (Å²) in [6, 6.07) is 14.6. The third-order valence-electron chi connectivity index (χ3n) is 3.84. The van der Waals surface area contributed by atoms with E-state index in [2.05, 4.69) is 10.3 Å². The van der Waals surface area contributed by atoms with Crippen LogP contribution in [0.1, 0.15) is 0 Å². The summed E-state index contributed by atoms with van der Waals surface area (Å²) in [5.41, 5.74) is 1.66. The highest BCUT2D eigenvalue weighted by Gasteiger charge is 2.14. The van der Waals surface area contributed by atoms with Crippen LogP contribution in [0.5, 0.6) is 5.75 Å². The molecule has 0 aliphatic heterocycles. The molecule has 0 aliphatic carbocycles. The number of benzene rings is 2. The summed E-state index contributed by atoms with van der Waals surface area (Å²) in [6.07, 6.45) is 0. The fourth-order valence-corrected chi connectivity index (χ4v) is 3.50. The van der Waals surface area contributed by atoms with Crippen LogP contribution >= 0.6 is 22.9 Å². The lowest BCUT2D eigenvalue weighted by atomic mass is 10.1. The highest BCUT2D eigenvalue weighted by atomic mass is 35.5. The third-order valence-corrected chi connectivity index (χ3v) is 4.93. The second kappa shape index (κ2) is 6.82. The number of anilines is 2. The zero-order valence-electron chi connectivity index (χ0n) is 13.7. The summed E-state index contributed by atoms with van der Waals surface area (Å²) < 4.78 is 10.7. The Balaban J connectivity index is 1.73. The molecule has 130 valence electrons. The number of nitrogens with one attached hydrogen (secondary N) is 1. The van der Waals surface area contributed by atoms with E-state index >= 15 is 0 Å². The Kier molecular flexibility index (Phi) is 4.36. The second-order valence-corrected chi connectivity index (χ2v) is 6.73. The maximum Gasteiger partial charge on any atom is 0.345 e. The van der Waals surface area contributed by atoms with Crippen molar-refractivity contribution in [1.82, 2.24) is 4.98 Å². The fraction of sp³-hybridized carbons (Fsp3) is 0.0526. The average molecular weight is 385 g/mol. The van der Waals surface area contributed by atoms with Gasteiger partial charge in [-0.05, 0) is 24.3 Å². The zero-order chi connectivity index (χ0) is 18.1. The minimum absolute atomic E-state index is 0.397. The first kappa shape index (κ1) is 16.6. The first-order valence-corrected chi connectivity index (χ1v) is 9.00. The van der Waals surface area contributed by atoms with Crippen LogP contribution in [-0.4, -0.2) is 12.1 Å². The van der Waals surface area contributed by atoms with Gasteiger partial charge in [0.15, 0.2) is 16.5 Å². The number of aromatic nitrogens is 1. The molecule has 0 unspecified atom stereocenters. The lowest BCUT2D eigenvalue weighted by molar-refractivity contribution is 0.407. The van der Waals surface area contributed by atoms with Gasteiger partial charge in [0.25, 0.3) is 0 Å². The SMILES string of the molecule is COc1cccc2cc(-c3csc(Nc4ccccc4Cl)n3)c(=O)oc12. The first-order valence-electron chi connectivity index (χ1n) is 7.74. The molecule has 0 aliphatic rings. The zero-order valence-corrected chi connectivity index (χ0v) is 15.2. The van der Waals surface area contributed by atoms with E-state index in [1.165, 1.54) is 18.4 Å². The number of methoxy groups -OCH3 is 1. The molecule has 7 heteroatoms. The Bertz CT molecular complexity index is 1150. The number of thiazole rings is 1. The summed E-state index contributed by atoms with van der Waals surface area (Å²) >= 11 is 7.54. The molecule has 4 rings (SSSR count). The Labute approximate surface area is 157 Å². The Morgan fingerprint density at radius 1 is 1.19 bits per heavy atom. The molecule has 2 aromatic heterocycles. The lowest BCUT2D eigenvalue weighted by Crippen LogP contribution is -2.03. The minimum atomic E-state index is -0.461. The van der Waals surface area contributed by atoms with Crippen molar-refractivity contribution < 1.29 is 9.15 Å². The van der Waals surface area contributed by atoms with Gasteiger partial charge in [0.1, 0.15) is 0 Å². The summed E-state index contributed by atoms with van der Waals surface area (Å²) in [4.78, 5) is 16.9. The Morgan fingerprint density at radius 2 is 2.04 bits per heavy atom. The van der Waals surface area contributed by atoms with E-state index in [1.807, 2.05) is 30.3 Å². The predicted molar refractivity (Wildman–Crippen MR) is 105 cm³/mol. The molecule has 0 fully saturated rings. The van der Waals surface area contributed by atoms with Gasteiger partial charge in [-0.3, -0.25) is 0 Å². The Hall–Kier alpha value is -2.83. The third kappa shape index (κ3) is 3.05. The number of halogens is 1. The first-order chi connectivity index (χ1) is 12.7. The van der Waals surface area contributed by atoms with Crippen molar-refractivity contribution in [2.24, 2.45) is 0 Å². The molecular formula is C19H13ClN2O3S. The summed E-state index contributed by atoms with van der Waals surface area (Å²) in [5.74, 6) is 0.519. The van der Waals surface area contributed by atoms with E-state index in [9.17, 15) is 4.79 Å². The van der Waals surface area contributed by atoms with E-state index in [-0.39, 0.29) is 0 Å². The number of nitrogens with zero attached hydrogens (tertiary/aromatic N) is 1. The molecule has 2 aromatic carbocycles. The molecule has 0 spiro atoms. The van der Waals surface area contributed by atoms with Crippen LogP contribution in [0.15, 0.2) is 63.1 Å². The topological polar surface area (TPSA) is 64.4 Å². The minimum Gasteiger partial charge on any atom is -0.493 e. The van der Waals surface area contributed by atoms with Crippen molar-refractivity contribution in [2.45, 2.75) is 0 Å². The second-order valence-electron chi connectivity index (χ2n) is 5.47. The van der Waals surface area contributed by atoms with Crippen LogP contribution in [0.25, 0.3) is 22.2 Å². The van der Waals surface area contributed by atoms with E-state index in [0.29, 0.717) is 32.7 Å². The molecule has 2 heterocycles. The van der Waals surface area contributed by atoms with Crippen molar-refractivity contribution in [1.29, 1.82) is 0 Å². The molecule has 0 bridgehead atoms. The van der Waals surface area contributed by atoms with E-state index < -0.39 is 5.63 Å². The van der Waals surface area contributed by atoms with Crippen molar-refractivity contribution in [3.8, 4) is 17.0 Å². The standard InChI is InChI=1S/C19H13ClN2O3S/c1-24-16-8-4-5-11-9-12(18(23)25-17(11)16)15-10-26-19(22-15)21-14-7-3-2-6-13(14)20/h2-10H,1H3,(H,21,22). The van der Waals surface area contributed by atoms with Crippen molar-refractivity contribution >= 4 is 44.7 Å². The Morgan fingerprint density at radius 3 is 2.85 bits per heavy atom. The van der Waals surface area contributed by atoms with Gasteiger partial charge in [-0.2, -0.15) is 0 Å². The maximum atomic E-state index is 12.4. The molecule has 1 N–H and O–H groups in total. The summed E-state index contributed by atoms with van der Waals surface area (Å²) in [5, 5.41) is 6.97. The van der Waals surface area contributed by atoms with Gasteiger partial charge in [0, 0.05) is 10.8 Å². The van der Waals surface area contributed by atoms with Crippen LogP contribution < -0.4 is 15.7 Å². The van der Waals surface area contributed by atoms with Gasteiger partial charge >= 0.3 is 5.63 Å². The number of para-hydroxylation sites is 2. The number of rotatable bonds is 4. The number of ether oxygens (including phenoxy) is 1. The largest absolute Gasteiger partial charge is 0.493 e. The van der Waals surface area contributed by atoms with Gasteiger partial charge < -0.3 is 14.5 Å². The van der Waals surface area contributed by atoms with Crippen molar-refractivity contribution in [3.63, 3.8) is 0 Å². The average Bonchev–Trinajstić information content (AvgIpc) is 3.11. The van der Waals surface area contributed by atoms with Crippen LogP contribution in [0.4, 0.5) is 10.8 Å². The van der Waals surface area contributed by atoms with Crippen LogP contribution in [-0.2, 0) is 0 Å². The molecule has 0 saturated carbocycles. The lowest BCUT2D eigenvalue weighted by Gasteiger charge is -2.05. The molecule has 4 aromatic rings. The number of hydrogen-bond donors (Lipinski definition) is 1. The summed E-state index contributed by atoms with van der Waals surface area (Å²) in [6.45, 7) is 0. The molecular weight excluding hydrogens is 372 g/mol. The molecule has 0 saturated heterocycles. The van der Waals surface area contributed by atoms with Gasteiger partial charge in [-0.15, -0.1) is 11.3 Å². The van der Waals surface area contributed by atoms with Crippen molar-refractivity contribution in [2.75, 3.05) is 12.4 Å². The smallest absolute Gasteiger partial charge is 0.345 e. The van der Waals surface area contributed by atoms with E-state index in [4.69, 9.17) is 20.8 Å². The monoisotopic (exact) mass is 384 g/mol. The van der Waals surface area contributed by atoms with Crippen molar-refractivity contribution in [3.05, 3.63) is 69.4 Å². The van der Waals surface area contributed by atoms with E-state index in [0.717, 1.165) is 11.1 Å². The maximum absolute atomic E-state index is 12.4. The van der Waals surface area contributed by atoms with Gasteiger partial charge in [0.05, 0.1) is 29.1 Å². The molecule has 0 amide bonds. The number of fused-ring (bicyclic) bond motifs is 1. The molecule has 0 atom stereocenters. The normalized spacial score (nSPS) is 10.8. The highest BCUT2D eigenvalue weighted by Crippen LogP contribution is 2.31. The van der Waals surface area contributed by atoms with Gasteiger partial charge in [0.2, 0.25) is 0 Å². The quantitative estimate of drug-likeness (QED) is 0.482. The molecule has 0 radical (unpaired) electrons. The van der Waals surface area contributed by atoms with Crippen LogP contribution in [0.3, 0.4) is 0 Å².